The Labute approximate surface area is 255 Å². The first-order chi connectivity index (χ1) is 20.7. The van der Waals surface area contributed by atoms with Gasteiger partial charge in [-0.3, -0.25) is 9.59 Å². The molecule has 1 aromatic rings. The zero-order valence-electron chi connectivity index (χ0n) is 25.3. The van der Waals surface area contributed by atoms with Gasteiger partial charge in [0, 0.05) is 13.5 Å². The van der Waals surface area contributed by atoms with Crippen molar-refractivity contribution in [3.8, 4) is 0 Å². The third kappa shape index (κ3) is 11.0. The molecule has 1 aliphatic heterocycles. The standard InChI is InChI=1S/C29H43N5O10/c1-15(2)12-18-6-8-19(9-7-18)16(3)27(40)42-11-5-10-32-29(41)44-24(21(37)14-35)25-23(33-17(4)36)20(34-28(30)31)13-22(43-25)26(38)39/h6-9,13,15-16,20-21,23-25,35,37H,5,10-12,14H2,1-4H3,(H,32,41)(H,33,36)(H,38,39)(H4,30,31,34)/t16-,20-,21+,23+,24+,25+/m0/s1. The van der Waals surface area contributed by atoms with Crippen molar-refractivity contribution in [3.63, 3.8) is 0 Å². The lowest BCUT2D eigenvalue weighted by Gasteiger charge is -2.39. The van der Waals surface area contributed by atoms with Crippen LogP contribution in [0.15, 0.2) is 41.1 Å². The van der Waals surface area contributed by atoms with Crippen LogP contribution in [0.4, 0.5) is 4.79 Å². The second-order valence-corrected chi connectivity index (χ2v) is 10.8. The summed E-state index contributed by atoms with van der Waals surface area (Å²) in [6, 6.07) is 5.41. The number of alkyl carbamates (subject to hydrolysis) is 1. The van der Waals surface area contributed by atoms with Gasteiger partial charge in [0.2, 0.25) is 11.7 Å². The van der Waals surface area contributed by atoms with Gasteiger partial charge in [0.15, 0.2) is 18.2 Å². The maximum absolute atomic E-state index is 12.6. The summed E-state index contributed by atoms with van der Waals surface area (Å²) in [7, 11) is 0. The first kappa shape index (κ1) is 35.8. The Morgan fingerprint density at radius 1 is 1.11 bits per heavy atom. The maximum Gasteiger partial charge on any atom is 0.407 e. The average Bonchev–Trinajstić information content (AvgIpc) is 2.95. The summed E-state index contributed by atoms with van der Waals surface area (Å²) >= 11 is 0. The SMILES string of the molecule is CC(=O)N[C@H]1[C@H]([C@H](OC(=O)NCCCOC(=O)[C@@H](C)c2ccc(CC(C)C)cc2)[C@H](O)CO)OC(C(=O)O)=C[C@@H]1N=C(N)N. The van der Waals surface area contributed by atoms with E-state index in [1.54, 1.807) is 6.92 Å². The lowest BCUT2D eigenvalue weighted by Crippen LogP contribution is -2.61. The first-order valence-electron chi connectivity index (χ1n) is 14.2. The molecule has 44 heavy (non-hydrogen) atoms. The van der Waals surface area contributed by atoms with Crippen LogP contribution < -0.4 is 22.1 Å². The number of aliphatic imine (C=N–C) groups is 1. The van der Waals surface area contributed by atoms with E-state index in [9.17, 15) is 34.5 Å². The Bertz CT molecular complexity index is 1200. The fraction of sp³-hybridized carbons (Fsp3) is 0.552. The van der Waals surface area contributed by atoms with E-state index >= 15 is 0 Å². The smallest absolute Gasteiger partial charge is 0.407 e. The minimum Gasteiger partial charge on any atom is -0.477 e. The van der Waals surface area contributed by atoms with Crippen molar-refractivity contribution in [2.75, 3.05) is 19.8 Å². The first-order valence-corrected chi connectivity index (χ1v) is 14.2. The number of guanidine groups is 1. The molecular formula is C29H43N5O10. The Morgan fingerprint density at radius 2 is 1.77 bits per heavy atom. The number of carboxylic acids is 1. The number of rotatable bonds is 15. The summed E-state index contributed by atoms with van der Waals surface area (Å²) in [6.45, 7) is 6.28. The molecule has 0 aromatic heterocycles. The van der Waals surface area contributed by atoms with Crippen LogP contribution in [0.3, 0.4) is 0 Å². The molecule has 0 saturated carbocycles. The summed E-state index contributed by atoms with van der Waals surface area (Å²) in [4.78, 5) is 52.7. The van der Waals surface area contributed by atoms with Gasteiger partial charge in [-0.15, -0.1) is 0 Å². The van der Waals surface area contributed by atoms with Crippen molar-refractivity contribution in [1.29, 1.82) is 0 Å². The van der Waals surface area contributed by atoms with Gasteiger partial charge < -0.3 is 51.6 Å². The molecule has 1 aliphatic rings. The monoisotopic (exact) mass is 621 g/mol. The van der Waals surface area contributed by atoms with Crippen LogP contribution in [0.5, 0.6) is 0 Å². The number of carbonyl (C=O) groups excluding carboxylic acids is 3. The van der Waals surface area contributed by atoms with Gasteiger partial charge in [-0.2, -0.15) is 0 Å². The van der Waals surface area contributed by atoms with Gasteiger partial charge in [0.05, 0.1) is 31.2 Å². The molecule has 0 spiro atoms. The Balaban J connectivity index is 2.00. The van der Waals surface area contributed by atoms with Crippen LogP contribution in [0.1, 0.15) is 51.2 Å². The number of aliphatic hydroxyl groups excluding tert-OH is 2. The molecule has 15 heteroatoms. The molecule has 9 N–H and O–H groups in total. The second kappa shape index (κ2) is 17.1. The number of aliphatic carboxylic acids is 1. The van der Waals surface area contributed by atoms with E-state index in [1.807, 2.05) is 24.3 Å². The number of nitrogens with zero attached hydrogens (tertiary/aromatic N) is 1. The summed E-state index contributed by atoms with van der Waals surface area (Å²) in [5.74, 6) is -3.55. The van der Waals surface area contributed by atoms with Crippen LogP contribution in [-0.2, 0) is 35.0 Å². The van der Waals surface area contributed by atoms with Gasteiger partial charge in [0.1, 0.15) is 6.10 Å². The van der Waals surface area contributed by atoms with Crippen molar-refractivity contribution in [3.05, 3.63) is 47.2 Å². The number of ether oxygens (including phenoxy) is 3. The third-order valence-electron chi connectivity index (χ3n) is 6.63. The number of aliphatic hydroxyl groups is 2. The van der Waals surface area contributed by atoms with E-state index in [2.05, 4.69) is 29.5 Å². The van der Waals surface area contributed by atoms with Crippen LogP contribution in [-0.4, -0.2) is 95.4 Å². The highest BCUT2D eigenvalue weighted by molar-refractivity contribution is 5.85. The van der Waals surface area contributed by atoms with Crippen LogP contribution >= 0.6 is 0 Å². The second-order valence-electron chi connectivity index (χ2n) is 10.8. The van der Waals surface area contributed by atoms with Crippen LogP contribution in [0.25, 0.3) is 0 Å². The van der Waals surface area contributed by atoms with Crippen LogP contribution in [0, 0.1) is 5.92 Å². The third-order valence-corrected chi connectivity index (χ3v) is 6.63. The predicted octanol–water partition coefficient (Wildman–Crippen LogP) is -0.116. The molecule has 6 atom stereocenters. The maximum atomic E-state index is 12.6. The van der Waals surface area contributed by atoms with Crippen LogP contribution in [0.2, 0.25) is 0 Å². The van der Waals surface area contributed by atoms with E-state index in [-0.39, 0.29) is 19.6 Å². The molecule has 0 unspecified atom stereocenters. The Hall–Kier alpha value is -4.37. The fourth-order valence-corrected chi connectivity index (χ4v) is 4.54. The minimum atomic E-state index is -1.75. The van der Waals surface area contributed by atoms with Crippen molar-refractivity contribution in [2.45, 2.75) is 76.9 Å². The highest BCUT2D eigenvalue weighted by atomic mass is 16.6. The van der Waals surface area contributed by atoms with Crippen molar-refractivity contribution >= 4 is 29.9 Å². The lowest BCUT2D eigenvalue weighted by molar-refractivity contribution is -0.146. The predicted molar refractivity (Wildman–Crippen MR) is 158 cm³/mol. The van der Waals surface area contributed by atoms with E-state index in [4.69, 9.17) is 25.7 Å². The molecule has 1 aromatic carbocycles. The molecule has 2 rings (SSSR count). The quantitative estimate of drug-likeness (QED) is 0.0587. The number of carbonyl (C=O) groups is 4. The summed E-state index contributed by atoms with van der Waals surface area (Å²) in [5, 5.41) is 34.6. The highest BCUT2D eigenvalue weighted by Gasteiger charge is 2.46. The number of hydrogen-bond donors (Lipinski definition) is 7. The molecule has 0 bridgehead atoms. The van der Waals surface area contributed by atoms with Gasteiger partial charge >= 0.3 is 18.0 Å². The molecule has 15 nitrogen and oxygen atoms in total. The minimum absolute atomic E-state index is 0.000876. The molecule has 0 radical (unpaired) electrons. The molecule has 0 saturated heterocycles. The zero-order valence-corrected chi connectivity index (χ0v) is 25.3. The number of amides is 2. The summed E-state index contributed by atoms with van der Waals surface area (Å²) in [6.07, 6.45) is -3.81. The van der Waals surface area contributed by atoms with Gasteiger partial charge in [-0.05, 0) is 42.9 Å². The lowest BCUT2D eigenvalue weighted by atomic mass is 9.92. The van der Waals surface area contributed by atoms with Crippen molar-refractivity contribution in [1.82, 2.24) is 10.6 Å². The number of benzene rings is 1. The summed E-state index contributed by atoms with van der Waals surface area (Å²) in [5.41, 5.74) is 12.9. The molecule has 0 aliphatic carbocycles. The number of nitrogens with one attached hydrogen (secondary N) is 2. The molecule has 1 heterocycles. The number of hydrogen-bond acceptors (Lipinski definition) is 10. The van der Waals surface area contributed by atoms with Gasteiger partial charge in [-0.1, -0.05) is 38.1 Å². The summed E-state index contributed by atoms with van der Waals surface area (Å²) < 4.78 is 16.1. The highest BCUT2D eigenvalue weighted by Crippen LogP contribution is 2.26. The van der Waals surface area contributed by atoms with Gasteiger partial charge in [-0.25, -0.2) is 14.6 Å². The van der Waals surface area contributed by atoms with Crippen molar-refractivity contribution < 1.29 is 48.7 Å². The zero-order chi connectivity index (χ0) is 33.0. The molecule has 244 valence electrons. The topological polar surface area (TPSA) is 245 Å². The normalized spacial score (nSPS) is 19.8. The average molecular weight is 622 g/mol. The van der Waals surface area contributed by atoms with Gasteiger partial charge in [0.25, 0.3) is 0 Å². The molecular weight excluding hydrogens is 578 g/mol. The van der Waals surface area contributed by atoms with Crippen molar-refractivity contribution in [2.24, 2.45) is 22.4 Å². The Morgan fingerprint density at radius 3 is 2.32 bits per heavy atom. The fourth-order valence-electron chi connectivity index (χ4n) is 4.54. The van der Waals surface area contributed by atoms with E-state index in [1.165, 1.54) is 12.5 Å². The van der Waals surface area contributed by atoms with E-state index in [0.717, 1.165) is 18.1 Å². The number of esters is 1. The van der Waals surface area contributed by atoms with E-state index in [0.29, 0.717) is 5.92 Å². The molecule has 0 fully saturated rings. The van der Waals surface area contributed by atoms with E-state index < -0.39 is 78.6 Å². The largest absolute Gasteiger partial charge is 0.477 e. The number of nitrogens with two attached hydrogens (primary N) is 2. The number of carboxylic acid groups (broad SMARTS) is 1. The Kier molecular flexibility index (Phi) is 13.9. The molecule has 2 amide bonds.